The SMILES string of the molecule is CC(C)c1ccccc1C(=O)OCCOCCOC(=O)c1ccccc1C(C)C. The number of carbonyl (C=O) groups excluding carboxylic acids is 2. The minimum absolute atomic E-state index is 0.148. The Balaban J connectivity index is 1.68. The molecule has 0 saturated heterocycles. The zero-order valence-electron chi connectivity index (χ0n) is 17.6. The van der Waals surface area contributed by atoms with Crippen molar-refractivity contribution in [1.29, 1.82) is 0 Å². The molecule has 5 nitrogen and oxygen atoms in total. The summed E-state index contributed by atoms with van der Waals surface area (Å²) in [7, 11) is 0. The number of hydrogen-bond donors (Lipinski definition) is 0. The summed E-state index contributed by atoms with van der Waals surface area (Å²) in [6.07, 6.45) is 0. The van der Waals surface area contributed by atoms with Crippen molar-refractivity contribution in [1.82, 2.24) is 0 Å². The number of carbonyl (C=O) groups is 2. The summed E-state index contributed by atoms with van der Waals surface area (Å²) in [6, 6.07) is 14.9. The second kappa shape index (κ2) is 11.4. The molecule has 0 unspecified atom stereocenters. The highest BCUT2D eigenvalue weighted by atomic mass is 16.6. The van der Waals surface area contributed by atoms with Gasteiger partial charge in [0, 0.05) is 0 Å². The molecule has 0 atom stereocenters. The summed E-state index contributed by atoms with van der Waals surface area (Å²) in [5.74, 6) is -0.222. The third kappa shape index (κ3) is 6.71. The highest BCUT2D eigenvalue weighted by molar-refractivity contribution is 5.91. The minimum Gasteiger partial charge on any atom is -0.460 e. The fraction of sp³-hybridized carbons (Fsp3) is 0.417. The smallest absolute Gasteiger partial charge is 0.338 e. The minimum atomic E-state index is -0.352. The molecular weight excluding hydrogens is 368 g/mol. The Morgan fingerprint density at radius 1 is 0.655 bits per heavy atom. The summed E-state index contributed by atoms with van der Waals surface area (Å²) < 4.78 is 16.0. The number of esters is 2. The van der Waals surface area contributed by atoms with Gasteiger partial charge < -0.3 is 14.2 Å². The van der Waals surface area contributed by atoms with Crippen molar-refractivity contribution in [2.45, 2.75) is 39.5 Å². The van der Waals surface area contributed by atoms with Crippen LogP contribution in [-0.4, -0.2) is 38.4 Å². The van der Waals surface area contributed by atoms with Crippen LogP contribution < -0.4 is 0 Å². The third-order valence-electron chi connectivity index (χ3n) is 4.53. The number of ether oxygens (including phenoxy) is 3. The van der Waals surface area contributed by atoms with Crippen LogP contribution in [0.5, 0.6) is 0 Å². The molecule has 29 heavy (non-hydrogen) atoms. The lowest BCUT2D eigenvalue weighted by atomic mass is 9.97. The van der Waals surface area contributed by atoms with E-state index in [9.17, 15) is 9.59 Å². The van der Waals surface area contributed by atoms with Crippen LogP contribution in [0.4, 0.5) is 0 Å². The van der Waals surface area contributed by atoms with Crippen molar-refractivity contribution in [2.24, 2.45) is 0 Å². The van der Waals surface area contributed by atoms with Gasteiger partial charge in [-0.25, -0.2) is 9.59 Å². The molecule has 5 heteroatoms. The lowest BCUT2D eigenvalue weighted by molar-refractivity contribution is 0.0150. The Bertz CT molecular complexity index is 743. The molecule has 156 valence electrons. The Morgan fingerprint density at radius 3 is 1.41 bits per heavy atom. The van der Waals surface area contributed by atoms with Crippen LogP contribution >= 0.6 is 0 Å². The molecule has 2 aromatic rings. The highest BCUT2D eigenvalue weighted by Gasteiger charge is 2.15. The summed E-state index contributed by atoms with van der Waals surface area (Å²) >= 11 is 0. The second-order valence-electron chi connectivity index (χ2n) is 7.37. The maximum Gasteiger partial charge on any atom is 0.338 e. The van der Waals surface area contributed by atoms with Crippen LogP contribution in [0.15, 0.2) is 48.5 Å². The van der Waals surface area contributed by atoms with E-state index >= 15 is 0 Å². The summed E-state index contributed by atoms with van der Waals surface area (Å²) in [5, 5.41) is 0. The van der Waals surface area contributed by atoms with Crippen molar-refractivity contribution in [3.05, 3.63) is 70.8 Å². The maximum atomic E-state index is 12.2. The molecule has 0 aliphatic rings. The third-order valence-corrected chi connectivity index (χ3v) is 4.53. The molecule has 0 aromatic heterocycles. The van der Waals surface area contributed by atoms with Crippen LogP contribution in [0.2, 0.25) is 0 Å². The Labute approximate surface area is 173 Å². The van der Waals surface area contributed by atoms with E-state index in [0.717, 1.165) is 11.1 Å². The molecule has 0 amide bonds. The van der Waals surface area contributed by atoms with E-state index in [0.29, 0.717) is 11.1 Å². The average Bonchev–Trinajstić information content (AvgIpc) is 2.72. The van der Waals surface area contributed by atoms with Crippen molar-refractivity contribution in [3.63, 3.8) is 0 Å². The van der Waals surface area contributed by atoms with Gasteiger partial charge in [0.05, 0.1) is 24.3 Å². The molecule has 0 saturated carbocycles. The van der Waals surface area contributed by atoms with Gasteiger partial charge in [-0.2, -0.15) is 0 Å². The molecule has 0 heterocycles. The van der Waals surface area contributed by atoms with E-state index in [-0.39, 0.29) is 50.2 Å². The van der Waals surface area contributed by atoms with Crippen molar-refractivity contribution < 1.29 is 23.8 Å². The van der Waals surface area contributed by atoms with E-state index in [2.05, 4.69) is 0 Å². The van der Waals surface area contributed by atoms with Gasteiger partial charge in [-0.1, -0.05) is 64.1 Å². The first-order chi connectivity index (χ1) is 13.9. The van der Waals surface area contributed by atoms with Crippen LogP contribution in [-0.2, 0) is 14.2 Å². The first-order valence-corrected chi connectivity index (χ1v) is 10.0. The summed E-state index contributed by atoms with van der Waals surface area (Å²) in [5.41, 5.74) is 3.10. The zero-order chi connectivity index (χ0) is 21.2. The number of benzene rings is 2. The van der Waals surface area contributed by atoms with Gasteiger partial charge >= 0.3 is 11.9 Å². The summed E-state index contributed by atoms with van der Waals surface area (Å²) in [4.78, 5) is 24.5. The first kappa shape index (κ1) is 22.6. The Kier molecular flexibility index (Phi) is 8.87. The topological polar surface area (TPSA) is 61.8 Å². The Morgan fingerprint density at radius 2 is 1.03 bits per heavy atom. The Hall–Kier alpha value is -2.66. The predicted molar refractivity (Wildman–Crippen MR) is 112 cm³/mol. The summed E-state index contributed by atoms with van der Waals surface area (Å²) in [6.45, 7) is 8.94. The van der Waals surface area contributed by atoms with Crippen LogP contribution in [0.3, 0.4) is 0 Å². The fourth-order valence-corrected chi connectivity index (χ4v) is 3.02. The van der Waals surface area contributed by atoms with Gasteiger partial charge in [0.1, 0.15) is 13.2 Å². The van der Waals surface area contributed by atoms with Gasteiger partial charge in [0.15, 0.2) is 0 Å². The van der Waals surface area contributed by atoms with E-state index < -0.39 is 0 Å². The molecule has 0 N–H and O–H groups in total. The molecule has 2 rings (SSSR count). The lowest BCUT2D eigenvalue weighted by Gasteiger charge is -2.13. The molecule has 0 bridgehead atoms. The number of rotatable bonds is 10. The monoisotopic (exact) mass is 398 g/mol. The zero-order valence-corrected chi connectivity index (χ0v) is 17.6. The molecule has 0 spiro atoms. The molecule has 2 aromatic carbocycles. The van der Waals surface area contributed by atoms with Crippen molar-refractivity contribution >= 4 is 11.9 Å². The lowest BCUT2D eigenvalue weighted by Crippen LogP contribution is -2.16. The second-order valence-corrected chi connectivity index (χ2v) is 7.37. The van der Waals surface area contributed by atoms with Gasteiger partial charge in [0.2, 0.25) is 0 Å². The largest absolute Gasteiger partial charge is 0.460 e. The molecule has 0 fully saturated rings. The van der Waals surface area contributed by atoms with Crippen LogP contribution in [0.25, 0.3) is 0 Å². The molecular formula is C24H30O5. The van der Waals surface area contributed by atoms with E-state index in [1.54, 1.807) is 12.1 Å². The predicted octanol–water partition coefficient (Wildman–Crippen LogP) is 4.96. The number of hydrogen-bond acceptors (Lipinski definition) is 5. The van der Waals surface area contributed by atoms with Crippen LogP contribution in [0, 0.1) is 0 Å². The molecule has 0 aliphatic heterocycles. The van der Waals surface area contributed by atoms with Gasteiger partial charge in [0.25, 0.3) is 0 Å². The van der Waals surface area contributed by atoms with E-state index in [4.69, 9.17) is 14.2 Å². The van der Waals surface area contributed by atoms with Crippen LogP contribution in [0.1, 0.15) is 71.4 Å². The standard InChI is InChI=1S/C24H30O5/c1-17(2)19-9-5-7-11-21(19)23(25)28-15-13-27-14-16-29-24(26)22-12-8-6-10-20(22)18(3)4/h5-12,17-18H,13-16H2,1-4H3. The normalized spacial score (nSPS) is 11.0. The van der Waals surface area contributed by atoms with Gasteiger partial charge in [-0.05, 0) is 35.1 Å². The van der Waals surface area contributed by atoms with Crippen molar-refractivity contribution in [3.8, 4) is 0 Å². The average molecular weight is 398 g/mol. The first-order valence-electron chi connectivity index (χ1n) is 10.0. The maximum absolute atomic E-state index is 12.2. The van der Waals surface area contributed by atoms with E-state index in [1.807, 2.05) is 64.1 Å². The van der Waals surface area contributed by atoms with Gasteiger partial charge in [-0.15, -0.1) is 0 Å². The fourth-order valence-electron chi connectivity index (χ4n) is 3.02. The molecule has 0 aliphatic carbocycles. The van der Waals surface area contributed by atoms with E-state index in [1.165, 1.54) is 0 Å². The molecule has 0 radical (unpaired) electrons. The quantitative estimate of drug-likeness (QED) is 0.418. The van der Waals surface area contributed by atoms with Crippen molar-refractivity contribution in [2.75, 3.05) is 26.4 Å². The highest BCUT2D eigenvalue weighted by Crippen LogP contribution is 2.20. The van der Waals surface area contributed by atoms with Gasteiger partial charge in [-0.3, -0.25) is 0 Å².